The van der Waals surface area contributed by atoms with Crippen molar-refractivity contribution < 1.29 is 19.4 Å². The third-order valence-electron chi connectivity index (χ3n) is 10.2. The van der Waals surface area contributed by atoms with Crippen LogP contribution >= 0.6 is 0 Å². The molecule has 9 atom stereocenters. The van der Waals surface area contributed by atoms with E-state index in [1.54, 1.807) is 6.92 Å². The van der Waals surface area contributed by atoms with Crippen LogP contribution < -0.4 is 0 Å². The summed E-state index contributed by atoms with van der Waals surface area (Å²) in [7, 11) is 0. The van der Waals surface area contributed by atoms with Crippen molar-refractivity contribution in [3.05, 3.63) is 0 Å². The minimum atomic E-state index is -0.771. The van der Waals surface area contributed by atoms with E-state index in [2.05, 4.69) is 13.8 Å². The zero-order valence-corrected chi connectivity index (χ0v) is 18.3. The predicted molar refractivity (Wildman–Crippen MR) is 107 cm³/mol. The number of aliphatic hydroxyl groups is 1. The molecule has 1 N–H and O–H groups in total. The normalized spacial score (nSPS) is 57.1. The molecule has 4 aliphatic carbocycles. The fraction of sp³-hybridized carbons (Fsp3) is 0.958. The first-order valence-corrected chi connectivity index (χ1v) is 11.6. The zero-order valence-electron chi connectivity index (χ0n) is 18.3. The summed E-state index contributed by atoms with van der Waals surface area (Å²) in [5, 5.41) is 10.2. The molecule has 1 heterocycles. The Kier molecular flexibility index (Phi) is 4.06. The zero-order chi connectivity index (χ0) is 20.1. The second kappa shape index (κ2) is 5.82. The van der Waals surface area contributed by atoms with E-state index in [1.807, 2.05) is 13.8 Å². The molecule has 0 aromatic rings. The Hall–Kier alpha value is -0.450. The van der Waals surface area contributed by atoms with E-state index in [0.29, 0.717) is 29.1 Å². The van der Waals surface area contributed by atoms with Gasteiger partial charge in [-0.05, 0) is 101 Å². The van der Waals surface area contributed by atoms with E-state index in [-0.39, 0.29) is 23.4 Å². The van der Waals surface area contributed by atoms with Gasteiger partial charge in [-0.15, -0.1) is 0 Å². The van der Waals surface area contributed by atoms with Gasteiger partial charge in [-0.1, -0.05) is 13.8 Å². The lowest BCUT2D eigenvalue weighted by atomic mass is 9.44. The first kappa shape index (κ1) is 19.5. The molecule has 4 nitrogen and oxygen atoms in total. The highest BCUT2D eigenvalue weighted by molar-refractivity contribution is 5.88. The number of ether oxygens (including phenoxy) is 2. The fourth-order valence-electron chi connectivity index (χ4n) is 8.98. The highest BCUT2D eigenvalue weighted by Crippen LogP contribution is 2.71. The van der Waals surface area contributed by atoms with Gasteiger partial charge in [-0.3, -0.25) is 4.79 Å². The van der Waals surface area contributed by atoms with Crippen molar-refractivity contribution in [3.8, 4) is 0 Å². The van der Waals surface area contributed by atoms with Gasteiger partial charge in [0.2, 0.25) is 0 Å². The molecule has 4 heteroatoms. The maximum Gasteiger partial charge on any atom is 0.164 e. The Bertz CT molecular complexity index is 688. The van der Waals surface area contributed by atoms with E-state index in [1.165, 1.54) is 19.3 Å². The average molecular weight is 391 g/mol. The monoisotopic (exact) mass is 390 g/mol. The summed E-state index contributed by atoms with van der Waals surface area (Å²) in [5.74, 6) is 2.02. The largest absolute Gasteiger partial charge is 0.393 e. The molecule has 0 aromatic heterocycles. The van der Waals surface area contributed by atoms with Crippen molar-refractivity contribution >= 4 is 5.78 Å². The Morgan fingerprint density at radius 1 is 0.964 bits per heavy atom. The van der Waals surface area contributed by atoms with E-state index in [0.717, 1.165) is 32.1 Å². The molecule has 0 aromatic carbocycles. The van der Waals surface area contributed by atoms with Crippen LogP contribution in [0.1, 0.15) is 86.0 Å². The number of hydrogen-bond acceptors (Lipinski definition) is 4. The topological polar surface area (TPSA) is 55.8 Å². The molecular weight excluding hydrogens is 352 g/mol. The second-order valence-corrected chi connectivity index (χ2v) is 11.7. The van der Waals surface area contributed by atoms with Crippen LogP contribution in [0.15, 0.2) is 0 Å². The first-order valence-electron chi connectivity index (χ1n) is 11.6. The lowest BCUT2D eigenvalue weighted by molar-refractivity contribution is -0.219. The Morgan fingerprint density at radius 3 is 2.43 bits per heavy atom. The minimum absolute atomic E-state index is 0.0978. The smallest absolute Gasteiger partial charge is 0.164 e. The number of ketones is 1. The molecule has 1 aliphatic heterocycles. The van der Waals surface area contributed by atoms with E-state index >= 15 is 0 Å². The van der Waals surface area contributed by atoms with Gasteiger partial charge in [-0.25, -0.2) is 0 Å². The summed E-state index contributed by atoms with van der Waals surface area (Å²) < 4.78 is 12.9. The van der Waals surface area contributed by atoms with Crippen molar-refractivity contribution in [1.29, 1.82) is 0 Å². The van der Waals surface area contributed by atoms with Crippen LogP contribution in [-0.4, -0.2) is 34.5 Å². The number of Topliss-reactive ketones (excluding diaryl/α,β-unsaturated/α-hetero) is 1. The molecule has 4 saturated carbocycles. The van der Waals surface area contributed by atoms with Crippen molar-refractivity contribution in [2.75, 3.05) is 0 Å². The van der Waals surface area contributed by atoms with Crippen LogP contribution in [0.4, 0.5) is 0 Å². The summed E-state index contributed by atoms with van der Waals surface area (Å²) >= 11 is 0. The molecule has 0 amide bonds. The third kappa shape index (κ3) is 2.26. The number of fused-ring (bicyclic) bond motifs is 7. The molecule has 0 spiro atoms. The van der Waals surface area contributed by atoms with Gasteiger partial charge < -0.3 is 14.6 Å². The molecule has 5 aliphatic rings. The Balaban J connectivity index is 1.50. The number of hydrogen-bond donors (Lipinski definition) is 1. The number of carbonyl (C=O) groups excluding carboxylic acids is 1. The van der Waals surface area contributed by atoms with Crippen molar-refractivity contribution in [2.24, 2.45) is 34.5 Å². The highest BCUT2D eigenvalue weighted by atomic mass is 16.8. The quantitative estimate of drug-likeness (QED) is 0.717. The van der Waals surface area contributed by atoms with Gasteiger partial charge in [-0.2, -0.15) is 0 Å². The molecule has 0 bridgehead atoms. The number of carbonyl (C=O) groups is 1. The summed E-state index contributed by atoms with van der Waals surface area (Å²) in [6.45, 7) is 10.5. The SMILES string of the molecule is CC(=O)C12OC(C)(C)OC1CC1C3CCC4CC(O)CCC4(C)C3CCC12C. The number of rotatable bonds is 1. The maximum atomic E-state index is 13.1. The highest BCUT2D eigenvalue weighted by Gasteiger charge is 2.75. The molecule has 0 radical (unpaired) electrons. The van der Waals surface area contributed by atoms with Gasteiger partial charge in [0.15, 0.2) is 17.2 Å². The van der Waals surface area contributed by atoms with Crippen LogP contribution in [0.5, 0.6) is 0 Å². The minimum Gasteiger partial charge on any atom is -0.393 e. The maximum absolute atomic E-state index is 13.1. The molecule has 28 heavy (non-hydrogen) atoms. The van der Waals surface area contributed by atoms with Gasteiger partial charge >= 0.3 is 0 Å². The van der Waals surface area contributed by atoms with E-state index < -0.39 is 11.4 Å². The second-order valence-electron chi connectivity index (χ2n) is 11.7. The Labute approximate surface area is 169 Å². The van der Waals surface area contributed by atoms with Gasteiger partial charge in [0.25, 0.3) is 0 Å². The summed E-state index contributed by atoms with van der Waals surface area (Å²) in [6, 6.07) is 0. The van der Waals surface area contributed by atoms with Crippen LogP contribution in [0, 0.1) is 34.5 Å². The standard InChI is InChI=1S/C24H38O4/c1-14(25)24-20(27-21(2,3)28-24)13-19-17-7-6-15-12-16(26)8-10-22(15,4)18(17)9-11-23(19,24)5/h15-20,26H,6-13H2,1-5H3. The predicted octanol–water partition coefficient (Wildman–Crippen LogP) is 4.48. The summed E-state index contributed by atoms with van der Waals surface area (Å²) in [4.78, 5) is 13.1. The van der Waals surface area contributed by atoms with Gasteiger partial charge in [0.1, 0.15) is 0 Å². The lowest BCUT2D eigenvalue weighted by Gasteiger charge is -2.61. The molecular formula is C24H38O4. The van der Waals surface area contributed by atoms with Crippen molar-refractivity contribution in [2.45, 2.75) is 110 Å². The van der Waals surface area contributed by atoms with E-state index in [9.17, 15) is 9.90 Å². The third-order valence-corrected chi connectivity index (χ3v) is 10.2. The molecule has 5 fully saturated rings. The van der Waals surface area contributed by atoms with Gasteiger partial charge in [0, 0.05) is 5.41 Å². The van der Waals surface area contributed by atoms with Crippen molar-refractivity contribution in [3.63, 3.8) is 0 Å². The van der Waals surface area contributed by atoms with Gasteiger partial charge in [0.05, 0.1) is 12.2 Å². The first-order chi connectivity index (χ1) is 13.0. The lowest BCUT2D eigenvalue weighted by Crippen LogP contribution is -2.60. The summed E-state index contributed by atoms with van der Waals surface area (Å²) in [5.41, 5.74) is -0.548. The average Bonchev–Trinajstić information content (AvgIpc) is 3.02. The van der Waals surface area contributed by atoms with E-state index in [4.69, 9.17) is 9.47 Å². The van der Waals surface area contributed by atoms with Crippen LogP contribution in [-0.2, 0) is 14.3 Å². The molecule has 158 valence electrons. The molecule has 9 unspecified atom stereocenters. The molecule has 1 saturated heterocycles. The van der Waals surface area contributed by atoms with Crippen LogP contribution in [0.3, 0.4) is 0 Å². The number of aliphatic hydroxyl groups excluding tert-OH is 1. The van der Waals surface area contributed by atoms with Crippen LogP contribution in [0.2, 0.25) is 0 Å². The summed E-state index contributed by atoms with van der Waals surface area (Å²) in [6.07, 6.45) is 8.57. The van der Waals surface area contributed by atoms with Crippen LogP contribution in [0.25, 0.3) is 0 Å². The Morgan fingerprint density at radius 2 is 1.71 bits per heavy atom. The molecule has 5 rings (SSSR count). The fourth-order valence-corrected chi connectivity index (χ4v) is 8.98. The van der Waals surface area contributed by atoms with Crippen molar-refractivity contribution in [1.82, 2.24) is 0 Å².